The number of benzene rings is 2. The molecule has 1 amide bonds. The maximum absolute atomic E-state index is 14.3. The van der Waals surface area contributed by atoms with Gasteiger partial charge in [0.2, 0.25) is 0 Å². The van der Waals surface area contributed by atoms with Crippen molar-refractivity contribution in [2.45, 2.75) is 37.3 Å². The number of para-hydroxylation sites is 1. The van der Waals surface area contributed by atoms with E-state index in [1.54, 1.807) is 6.07 Å². The number of esters is 1. The fraction of sp³-hybridized carbons (Fsp3) is 0.333. The van der Waals surface area contributed by atoms with Crippen molar-refractivity contribution < 1.29 is 31.9 Å². The van der Waals surface area contributed by atoms with E-state index < -0.39 is 47.1 Å². The Kier molecular flexibility index (Phi) is 5.91. The molecule has 0 saturated heterocycles. The number of carbonyl (C=O) groups excluding carboxylic acids is 2. The van der Waals surface area contributed by atoms with Crippen LogP contribution in [0.3, 0.4) is 0 Å². The Morgan fingerprint density at radius 3 is 2.28 bits per heavy atom. The minimum atomic E-state index is -4.64. The molecule has 0 radical (unpaired) electrons. The number of carbonyl (C=O) groups is 2. The van der Waals surface area contributed by atoms with Gasteiger partial charge in [-0.2, -0.15) is 13.2 Å². The summed E-state index contributed by atoms with van der Waals surface area (Å²) < 4.78 is 58.5. The van der Waals surface area contributed by atoms with Crippen LogP contribution in [-0.2, 0) is 25.9 Å². The van der Waals surface area contributed by atoms with Gasteiger partial charge in [-0.3, -0.25) is 9.59 Å². The molecule has 4 nitrogen and oxygen atoms in total. The molecule has 0 heterocycles. The van der Waals surface area contributed by atoms with E-state index in [1.807, 2.05) is 0 Å². The van der Waals surface area contributed by atoms with E-state index in [4.69, 9.17) is 4.74 Å². The maximum atomic E-state index is 14.3. The van der Waals surface area contributed by atoms with Crippen LogP contribution in [0.25, 0.3) is 0 Å². The highest BCUT2D eigenvalue weighted by atomic mass is 19.4. The molecule has 1 aliphatic carbocycles. The van der Waals surface area contributed by atoms with Crippen molar-refractivity contribution >= 4 is 17.6 Å². The molecule has 2 aromatic carbocycles. The zero-order valence-electron chi connectivity index (χ0n) is 15.4. The van der Waals surface area contributed by atoms with Crippen LogP contribution in [0.1, 0.15) is 36.8 Å². The van der Waals surface area contributed by atoms with E-state index in [-0.39, 0.29) is 5.56 Å². The lowest BCUT2D eigenvalue weighted by Crippen LogP contribution is -2.37. The van der Waals surface area contributed by atoms with Gasteiger partial charge in [0.1, 0.15) is 5.82 Å². The Morgan fingerprint density at radius 2 is 1.62 bits per heavy atom. The Balaban J connectivity index is 1.70. The van der Waals surface area contributed by atoms with Gasteiger partial charge >= 0.3 is 12.1 Å². The van der Waals surface area contributed by atoms with E-state index >= 15 is 0 Å². The van der Waals surface area contributed by atoms with Gasteiger partial charge in [-0.05, 0) is 31.0 Å². The van der Waals surface area contributed by atoms with Gasteiger partial charge in [0.05, 0.1) is 16.7 Å². The molecule has 29 heavy (non-hydrogen) atoms. The lowest BCUT2D eigenvalue weighted by atomic mass is 9.78. The Morgan fingerprint density at radius 1 is 1.00 bits per heavy atom. The summed E-state index contributed by atoms with van der Waals surface area (Å²) in [5.74, 6) is -2.19. The van der Waals surface area contributed by atoms with Gasteiger partial charge in [0, 0.05) is 5.56 Å². The zero-order valence-corrected chi connectivity index (χ0v) is 15.4. The molecular formula is C21H19F4NO3. The van der Waals surface area contributed by atoms with E-state index in [0.717, 1.165) is 12.1 Å². The van der Waals surface area contributed by atoms with Crippen molar-refractivity contribution in [3.05, 3.63) is 65.5 Å². The number of hydrogen-bond acceptors (Lipinski definition) is 3. The number of ether oxygens (including phenoxy) is 1. The second kappa shape index (κ2) is 8.23. The highest BCUT2D eigenvalue weighted by Gasteiger charge is 2.46. The van der Waals surface area contributed by atoms with Crippen molar-refractivity contribution in [2.24, 2.45) is 0 Å². The van der Waals surface area contributed by atoms with E-state index in [2.05, 4.69) is 5.32 Å². The summed E-state index contributed by atoms with van der Waals surface area (Å²) in [5.41, 5.74) is -2.40. The Bertz CT molecular complexity index is 905. The molecule has 0 bridgehead atoms. The monoisotopic (exact) mass is 409 g/mol. The molecule has 2 aromatic rings. The van der Waals surface area contributed by atoms with Gasteiger partial charge in [-0.1, -0.05) is 43.2 Å². The first kappa shape index (κ1) is 20.8. The van der Waals surface area contributed by atoms with Crippen LogP contribution in [0.4, 0.5) is 23.2 Å². The summed E-state index contributed by atoms with van der Waals surface area (Å²) in [6.45, 7) is -0.763. The number of amides is 1. The first-order valence-corrected chi connectivity index (χ1v) is 9.12. The number of alkyl halides is 3. The molecule has 3 rings (SSSR count). The molecule has 1 N–H and O–H groups in total. The van der Waals surface area contributed by atoms with Crippen LogP contribution in [0.2, 0.25) is 0 Å². The topological polar surface area (TPSA) is 55.4 Å². The molecule has 1 aliphatic rings. The molecule has 0 atom stereocenters. The molecular weight excluding hydrogens is 390 g/mol. The van der Waals surface area contributed by atoms with Gasteiger partial charge < -0.3 is 10.1 Å². The molecule has 0 spiro atoms. The van der Waals surface area contributed by atoms with Crippen molar-refractivity contribution in [1.82, 2.24) is 0 Å². The fourth-order valence-electron chi connectivity index (χ4n) is 3.71. The summed E-state index contributed by atoms with van der Waals surface area (Å²) in [5, 5.41) is 2.12. The van der Waals surface area contributed by atoms with Crippen LogP contribution in [0.5, 0.6) is 0 Å². The van der Waals surface area contributed by atoms with Crippen LogP contribution in [0, 0.1) is 5.82 Å². The van der Waals surface area contributed by atoms with E-state index in [0.29, 0.717) is 25.7 Å². The highest BCUT2D eigenvalue weighted by Crippen LogP contribution is 2.43. The molecule has 8 heteroatoms. The third kappa shape index (κ3) is 4.41. The number of hydrogen-bond donors (Lipinski definition) is 1. The predicted octanol–water partition coefficient (Wildman–Crippen LogP) is 4.84. The van der Waals surface area contributed by atoms with Gasteiger partial charge in [-0.15, -0.1) is 0 Å². The van der Waals surface area contributed by atoms with Crippen LogP contribution in [-0.4, -0.2) is 18.5 Å². The number of anilines is 1. The lowest BCUT2D eigenvalue weighted by Gasteiger charge is -2.27. The van der Waals surface area contributed by atoms with Crippen molar-refractivity contribution in [3.63, 3.8) is 0 Å². The second-order valence-corrected chi connectivity index (χ2v) is 6.94. The molecule has 154 valence electrons. The standard InChI is InChI=1S/C21H19F4NO3/c22-16-9-3-1-7-14(16)20(11-5-6-12-20)19(28)29-13-18(27)26-17-10-4-2-8-15(17)21(23,24)25/h1-4,7-10H,5-6,11-13H2,(H,26,27). The second-order valence-electron chi connectivity index (χ2n) is 6.94. The average molecular weight is 409 g/mol. The fourth-order valence-corrected chi connectivity index (χ4v) is 3.71. The number of rotatable bonds is 5. The van der Waals surface area contributed by atoms with Crippen molar-refractivity contribution in [1.29, 1.82) is 0 Å². The zero-order chi connectivity index (χ0) is 21.1. The third-order valence-corrected chi connectivity index (χ3v) is 5.08. The molecule has 0 aliphatic heterocycles. The minimum Gasteiger partial charge on any atom is -0.455 e. The van der Waals surface area contributed by atoms with Crippen LogP contribution >= 0.6 is 0 Å². The van der Waals surface area contributed by atoms with Crippen molar-refractivity contribution in [3.8, 4) is 0 Å². The van der Waals surface area contributed by atoms with Crippen LogP contribution in [0.15, 0.2) is 48.5 Å². The lowest BCUT2D eigenvalue weighted by molar-refractivity contribution is -0.153. The maximum Gasteiger partial charge on any atom is 0.418 e. The first-order chi connectivity index (χ1) is 13.7. The smallest absolute Gasteiger partial charge is 0.418 e. The molecule has 1 fully saturated rings. The average Bonchev–Trinajstić information content (AvgIpc) is 3.17. The Hall–Kier alpha value is -2.90. The quantitative estimate of drug-likeness (QED) is 0.568. The predicted molar refractivity (Wildman–Crippen MR) is 97.6 cm³/mol. The SMILES string of the molecule is O=C(COC(=O)C1(c2ccccc2F)CCCC1)Nc1ccccc1C(F)(F)F. The number of nitrogens with one attached hydrogen (secondary N) is 1. The summed E-state index contributed by atoms with van der Waals surface area (Å²) in [7, 11) is 0. The largest absolute Gasteiger partial charge is 0.455 e. The Labute approximate surface area is 164 Å². The minimum absolute atomic E-state index is 0.213. The first-order valence-electron chi connectivity index (χ1n) is 9.12. The summed E-state index contributed by atoms with van der Waals surface area (Å²) in [6.07, 6.45) is -2.47. The molecule has 0 unspecified atom stereocenters. The number of halogens is 4. The normalized spacial score (nSPS) is 15.7. The summed E-state index contributed by atoms with van der Waals surface area (Å²) >= 11 is 0. The van der Waals surface area contributed by atoms with Gasteiger partial charge in [0.25, 0.3) is 5.91 Å². The summed E-state index contributed by atoms with van der Waals surface area (Å²) in [6, 6.07) is 10.4. The van der Waals surface area contributed by atoms with Crippen LogP contribution < -0.4 is 5.32 Å². The van der Waals surface area contributed by atoms with Gasteiger partial charge in [0.15, 0.2) is 6.61 Å². The molecule has 1 saturated carbocycles. The summed E-state index contributed by atoms with van der Waals surface area (Å²) in [4.78, 5) is 24.8. The molecule has 0 aromatic heterocycles. The third-order valence-electron chi connectivity index (χ3n) is 5.08. The van der Waals surface area contributed by atoms with Crippen molar-refractivity contribution in [2.75, 3.05) is 11.9 Å². The van der Waals surface area contributed by atoms with Gasteiger partial charge in [-0.25, -0.2) is 4.39 Å². The van der Waals surface area contributed by atoms with E-state index in [1.165, 1.54) is 30.3 Å². The van der Waals surface area contributed by atoms with E-state index in [9.17, 15) is 27.2 Å². The highest BCUT2D eigenvalue weighted by molar-refractivity contribution is 5.94.